The molecule has 1 amide bonds. The van der Waals surface area contributed by atoms with Crippen LogP contribution in [-0.4, -0.2) is 34.2 Å². The molecule has 8 nitrogen and oxygen atoms in total. The largest absolute Gasteiger partial charge is 0.508 e. The van der Waals surface area contributed by atoms with E-state index in [2.05, 4.69) is 42.7 Å². The van der Waals surface area contributed by atoms with Crippen LogP contribution in [0.3, 0.4) is 0 Å². The Morgan fingerprint density at radius 3 is 2.53 bits per heavy atom. The summed E-state index contributed by atoms with van der Waals surface area (Å²) >= 11 is 6.90. The number of carboxylic acid groups (broad SMARTS) is 1. The van der Waals surface area contributed by atoms with E-state index >= 15 is 0 Å². The van der Waals surface area contributed by atoms with Gasteiger partial charge in [0.25, 0.3) is 5.91 Å². The fraction of sp³-hybridized carbons (Fsp3) is 0.200. The van der Waals surface area contributed by atoms with Crippen molar-refractivity contribution in [3.8, 4) is 17.2 Å². The zero-order valence-electron chi connectivity index (χ0n) is 15.6. The summed E-state index contributed by atoms with van der Waals surface area (Å²) in [6.45, 7) is 0. The van der Waals surface area contributed by atoms with Crippen molar-refractivity contribution in [3.63, 3.8) is 0 Å². The van der Waals surface area contributed by atoms with E-state index in [1.54, 1.807) is 30.3 Å². The van der Waals surface area contributed by atoms with Crippen LogP contribution in [0.15, 0.2) is 51.4 Å². The third-order valence-electron chi connectivity index (χ3n) is 4.40. The summed E-state index contributed by atoms with van der Waals surface area (Å²) in [6, 6.07) is 7.24. The molecular formula is C20H19Br2N3O5. The highest BCUT2D eigenvalue weighted by atomic mass is 79.9. The fourth-order valence-corrected chi connectivity index (χ4v) is 4.33. The van der Waals surface area contributed by atoms with Crippen molar-refractivity contribution in [2.24, 2.45) is 5.73 Å². The smallest absolute Gasteiger partial charge is 0.320 e. The van der Waals surface area contributed by atoms with Crippen LogP contribution < -0.4 is 21.3 Å². The van der Waals surface area contributed by atoms with Crippen molar-refractivity contribution >= 4 is 43.7 Å². The van der Waals surface area contributed by atoms with Gasteiger partial charge in [-0.25, -0.2) is 5.43 Å². The third kappa shape index (κ3) is 5.60. The van der Waals surface area contributed by atoms with E-state index in [1.165, 1.54) is 12.1 Å². The van der Waals surface area contributed by atoms with Crippen molar-refractivity contribution in [2.75, 3.05) is 0 Å². The van der Waals surface area contributed by atoms with Gasteiger partial charge in [0.05, 0.1) is 8.95 Å². The Bertz CT molecular complexity index is 989. The predicted octanol–water partition coefficient (Wildman–Crippen LogP) is 2.77. The van der Waals surface area contributed by atoms with Gasteiger partial charge < -0.3 is 20.7 Å². The van der Waals surface area contributed by atoms with E-state index in [0.717, 1.165) is 5.56 Å². The van der Waals surface area contributed by atoms with Crippen LogP contribution in [0.4, 0.5) is 0 Å². The van der Waals surface area contributed by atoms with Crippen LogP contribution in [-0.2, 0) is 22.4 Å². The zero-order chi connectivity index (χ0) is 21.8. The molecule has 0 aliphatic carbocycles. The molecule has 2 aromatic rings. The van der Waals surface area contributed by atoms with E-state index in [-0.39, 0.29) is 24.1 Å². The normalized spacial score (nSPS) is 16.8. The van der Waals surface area contributed by atoms with E-state index in [9.17, 15) is 14.7 Å². The van der Waals surface area contributed by atoms with Crippen molar-refractivity contribution in [2.45, 2.75) is 24.9 Å². The van der Waals surface area contributed by atoms with Crippen LogP contribution in [0, 0.1) is 0 Å². The maximum Gasteiger partial charge on any atom is 0.320 e. The van der Waals surface area contributed by atoms with Crippen LogP contribution in [0.1, 0.15) is 11.1 Å². The first-order chi connectivity index (χ1) is 14.2. The molecular weight excluding hydrogens is 522 g/mol. The number of carbonyl (C=O) groups is 2. The molecule has 2 aromatic carbocycles. The van der Waals surface area contributed by atoms with Gasteiger partial charge in [0.1, 0.15) is 17.5 Å². The molecule has 3 rings (SSSR count). The summed E-state index contributed by atoms with van der Waals surface area (Å²) in [4.78, 5) is 22.2. The van der Waals surface area contributed by atoms with E-state index in [0.29, 0.717) is 32.4 Å². The summed E-state index contributed by atoms with van der Waals surface area (Å²) in [5.74, 6) is -0.174. The fourth-order valence-electron chi connectivity index (χ4n) is 2.89. The minimum atomic E-state index is -1.07. The number of phenolic OH excluding ortho intramolecular Hbond substituents is 1. The van der Waals surface area contributed by atoms with Crippen LogP contribution in [0.2, 0.25) is 0 Å². The Hall–Kier alpha value is -2.40. The number of hydrogen-bond acceptors (Lipinski definition) is 6. The molecule has 0 aromatic heterocycles. The Morgan fingerprint density at radius 2 is 1.93 bits per heavy atom. The van der Waals surface area contributed by atoms with Gasteiger partial charge >= 0.3 is 5.97 Å². The summed E-state index contributed by atoms with van der Waals surface area (Å²) < 4.78 is 7.24. The molecule has 2 unspecified atom stereocenters. The lowest BCUT2D eigenvalue weighted by Gasteiger charge is -2.20. The Morgan fingerprint density at radius 1 is 1.23 bits per heavy atom. The monoisotopic (exact) mass is 539 g/mol. The van der Waals surface area contributed by atoms with Gasteiger partial charge in [-0.15, -0.1) is 0 Å². The minimum absolute atomic E-state index is 0.116. The van der Waals surface area contributed by atoms with Gasteiger partial charge in [0, 0.05) is 12.1 Å². The number of nitrogens with two attached hydrogens (primary N) is 1. The molecule has 0 saturated heterocycles. The summed E-state index contributed by atoms with van der Waals surface area (Å²) in [6.07, 6.45) is 3.77. The molecule has 6 N–H and O–H groups in total. The van der Waals surface area contributed by atoms with Gasteiger partial charge in [-0.2, -0.15) is 0 Å². The second kappa shape index (κ2) is 9.61. The molecule has 0 radical (unpaired) electrons. The van der Waals surface area contributed by atoms with Crippen molar-refractivity contribution in [1.82, 2.24) is 10.9 Å². The summed E-state index contributed by atoms with van der Waals surface area (Å²) in [5.41, 5.74) is 12.4. The number of ether oxygens (including phenoxy) is 1. The van der Waals surface area contributed by atoms with Crippen molar-refractivity contribution < 1.29 is 24.5 Å². The van der Waals surface area contributed by atoms with Gasteiger partial charge in [-0.1, -0.05) is 6.08 Å². The molecule has 0 fully saturated rings. The molecule has 1 heterocycles. The summed E-state index contributed by atoms with van der Waals surface area (Å²) in [5, 5.41) is 19.2. The number of carbonyl (C=O) groups excluding carboxylic acids is 1. The quantitative estimate of drug-likeness (QED) is 0.364. The lowest BCUT2D eigenvalue weighted by molar-refractivity contribution is -0.138. The van der Waals surface area contributed by atoms with Crippen LogP contribution in [0.5, 0.6) is 17.2 Å². The SMILES string of the molecule is NC(Cc1cc(Br)c(Oc2ccc(O)c(CC3C=CC(=O)NN3)c2)c(Br)c1)C(=O)O. The second-order valence-corrected chi connectivity index (χ2v) is 8.44. The standard InChI is InChI=1S/C20H19Br2N3O5/c21-14-5-10(7-16(23)20(28)29)6-15(22)19(14)30-13-2-3-17(26)11(9-13)8-12-1-4-18(27)25-24-12/h1-6,9,12,16,24,26H,7-8,23H2,(H,25,27)(H,28,29). The van der Waals surface area contributed by atoms with Crippen LogP contribution in [0.25, 0.3) is 0 Å². The number of halogens is 2. The Balaban J connectivity index is 1.78. The molecule has 10 heteroatoms. The topological polar surface area (TPSA) is 134 Å². The molecule has 0 spiro atoms. The highest BCUT2D eigenvalue weighted by molar-refractivity contribution is 9.11. The first-order valence-corrected chi connectivity index (χ1v) is 10.5. The van der Waals surface area contributed by atoms with Crippen molar-refractivity contribution in [1.29, 1.82) is 0 Å². The molecule has 30 heavy (non-hydrogen) atoms. The molecule has 2 atom stereocenters. The van der Waals surface area contributed by atoms with E-state index in [1.807, 2.05) is 0 Å². The third-order valence-corrected chi connectivity index (χ3v) is 5.58. The Kier molecular flexibility index (Phi) is 7.14. The maximum absolute atomic E-state index is 11.2. The molecule has 0 bridgehead atoms. The first kappa shape index (κ1) is 22.3. The number of hydrazine groups is 1. The van der Waals surface area contributed by atoms with Crippen molar-refractivity contribution in [3.05, 3.63) is 62.6 Å². The maximum atomic E-state index is 11.2. The average molecular weight is 541 g/mol. The number of amides is 1. The number of carboxylic acids is 1. The molecule has 158 valence electrons. The van der Waals surface area contributed by atoms with E-state index in [4.69, 9.17) is 15.6 Å². The lowest BCUT2D eigenvalue weighted by atomic mass is 10.0. The highest BCUT2D eigenvalue weighted by Crippen LogP contribution is 2.39. The number of benzene rings is 2. The number of rotatable bonds is 7. The first-order valence-electron chi connectivity index (χ1n) is 8.92. The van der Waals surface area contributed by atoms with Gasteiger partial charge in [0.15, 0.2) is 5.75 Å². The predicted molar refractivity (Wildman–Crippen MR) is 117 cm³/mol. The number of aromatic hydroxyl groups is 1. The molecule has 1 aliphatic rings. The summed E-state index contributed by atoms with van der Waals surface area (Å²) in [7, 11) is 0. The number of aliphatic carboxylic acids is 1. The Labute approximate surface area is 189 Å². The molecule has 0 saturated carbocycles. The number of phenols is 1. The van der Waals surface area contributed by atoms with Gasteiger partial charge in [0.2, 0.25) is 0 Å². The number of nitrogens with one attached hydrogen (secondary N) is 2. The van der Waals surface area contributed by atoms with Gasteiger partial charge in [-0.3, -0.25) is 15.0 Å². The number of hydrogen-bond donors (Lipinski definition) is 5. The second-order valence-electron chi connectivity index (χ2n) is 6.73. The minimum Gasteiger partial charge on any atom is -0.508 e. The lowest BCUT2D eigenvalue weighted by Crippen LogP contribution is -2.47. The average Bonchev–Trinajstić information content (AvgIpc) is 2.68. The van der Waals surface area contributed by atoms with E-state index < -0.39 is 12.0 Å². The highest BCUT2D eigenvalue weighted by Gasteiger charge is 2.18. The molecule has 1 aliphatic heterocycles. The van der Waals surface area contributed by atoms with Crippen LogP contribution >= 0.6 is 31.9 Å². The zero-order valence-corrected chi connectivity index (χ0v) is 18.7. The van der Waals surface area contributed by atoms with Gasteiger partial charge in [-0.05, 0) is 86.2 Å².